The van der Waals surface area contributed by atoms with Crippen LogP contribution in [0.5, 0.6) is 0 Å². The molecule has 0 bridgehead atoms. The van der Waals surface area contributed by atoms with Crippen molar-refractivity contribution in [1.82, 2.24) is 0 Å². The first-order valence-electron chi connectivity index (χ1n) is 6.83. The van der Waals surface area contributed by atoms with E-state index in [1.807, 2.05) is 0 Å². The molecular weight excluding hydrogens is 310 g/mol. The van der Waals surface area contributed by atoms with Crippen molar-refractivity contribution < 1.29 is 4.74 Å². The summed E-state index contributed by atoms with van der Waals surface area (Å²) in [6, 6.07) is 2.10. The molecule has 1 atom stereocenters. The van der Waals surface area contributed by atoms with Crippen LogP contribution in [0.25, 0.3) is 0 Å². The Balaban J connectivity index is 2.13. The summed E-state index contributed by atoms with van der Waals surface area (Å²) in [5.41, 5.74) is 5.76. The molecule has 0 saturated carbocycles. The Morgan fingerprint density at radius 2 is 2.00 bits per heavy atom. The largest absolute Gasteiger partial charge is 0.371 e. The van der Waals surface area contributed by atoms with Crippen LogP contribution >= 0.6 is 27.3 Å². The van der Waals surface area contributed by atoms with Gasteiger partial charge in [-0.3, -0.25) is 0 Å². The second kappa shape index (κ2) is 9.96. The standard InChI is InChI=1S/C14H24BrNOS/c1-2-3-4-5-6-7-8-17-13(10-16)14-9-12(15)11-18-14/h9,11,13H,2-8,10,16H2,1H3. The highest BCUT2D eigenvalue weighted by Gasteiger charge is 2.11. The Kier molecular flexibility index (Phi) is 8.94. The van der Waals surface area contributed by atoms with Gasteiger partial charge in [0.25, 0.3) is 0 Å². The molecule has 2 nitrogen and oxygen atoms in total. The van der Waals surface area contributed by atoms with Crippen molar-refractivity contribution in [2.45, 2.75) is 51.6 Å². The molecule has 1 heterocycles. The van der Waals surface area contributed by atoms with E-state index in [4.69, 9.17) is 10.5 Å². The summed E-state index contributed by atoms with van der Waals surface area (Å²) in [7, 11) is 0. The predicted molar refractivity (Wildman–Crippen MR) is 83.1 cm³/mol. The van der Waals surface area contributed by atoms with Gasteiger partial charge in [0.2, 0.25) is 0 Å². The van der Waals surface area contributed by atoms with Gasteiger partial charge < -0.3 is 10.5 Å². The molecule has 0 aliphatic carbocycles. The quantitative estimate of drug-likeness (QED) is 0.619. The van der Waals surface area contributed by atoms with E-state index in [9.17, 15) is 0 Å². The summed E-state index contributed by atoms with van der Waals surface area (Å²) in [5, 5.41) is 2.08. The number of unbranched alkanes of at least 4 members (excludes halogenated alkanes) is 5. The van der Waals surface area contributed by atoms with Crippen molar-refractivity contribution >= 4 is 27.3 Å². The number of hydrogen-bond acceptors (Lipinski definition) is 3. The Hall–Kier alpha value is 0.1000. The van der Waals surface area contributed by atoms with Crippen LogP contribution in [0.1, 0.15) is 56.4 Å². The number of ether oxygens (including phenoxy) is 1. The summed E-state index contributed by atoms with van der Waals surface area (Å²) in [6.07, 6.45) is 7.83. The molecule has 0 aliphatic heterocycles. The minimum absolute atomic E-state index is 0.0666. The number of hydrogen-bond donors (Lipinski definition) is 1. The van der Waals surface area contributed by atoms with Crippen molar-refractivity contribution in [3.8, 4) is 0 Å². The third-order valence-corrected chi connectivity index (χ3v) is 4.72. The summed E-state index contributed by atoms with van der Waals surface area (Å²) in [5.74, 6) is 0. The van der Waals surface area contributed by atoms with Gasteiger partial charge in [0.15, 0.2) is 0 Å². The maximum atomic E-state index is 5.86. The summed E-state index contributed by atoms with van der Waals surface area (Å²) in [4.78, 5) is 1.22. The second-order valence-electron chi connectivity index (χ2n) is 4.53. The van der Waals surface area contributed by atoms with Crippen LogP contribution in [0.3, 0.4) is 0 Å². The van der Waals surface area contributed by atoms with Crippen LogP contribution in [-0.4, -0.2) is 13.2 Å². The van der Waals surface area contributed by atoms with E-state index in [1.54, 1.807) is 11.3 Å². The van der Waals surface area contributed by atoms with Crippen LogP contribution in [0.4, 0.5) is 0 Å². The SMILES string of the molecule is CCCCCCCCOC(CN)c1cc(Br)cs1. The van der Waals surface area contributed by atoms with Crippen molar-refractivity contribution in [1.29, 1.82) is 0 Å². The monoisotopic (exact) mass is 333 g/mol. The molecule has 18 heavy (non-hydrogen) atoms. The lowest BCUT2D eigenvalue weighted by molar-refractivity contribution is 0.0581. The van der Waals surface area contributed by atoms with Gasteiger partial charge in [0.1, 0.15) is 6.10 Å². The smallest absolute Gasteiger partial charge is 0.104 e. The molecule has 4 heteroatoms. The maximum Gasteiger partial charge on any atom is 0.104 e. The normalized spacial score (nSPS) is 12.8. The van der Waals surface area contributed by atoms with Crippen LogP contribution in [0.2, 0.25) is 0 Å². The van der Waals surface area contributed by atoms with Gasteiger partial charge in [-0.15, -0.1) is 11.3 Å². The van der Waals surface area contributed by atoms with E-state index in [1.165, 1.54) is 37.0 Å². The van der Waals surface area contributed by atoms with Crippen molar-refractivity contribution in [3.63, 3.8) is 0 Å². The number of thiophene rings is 1. The zero-order valence-electron chi connectivity index (χ0n) is 11.2. The predicted octanol–water partition coefficient (Wildman–Crippen LogP) is 4.89. The second-order valence-corrected chi connectivity index (χ2v) is 6.39. The fraction of sp³-hybridized carbons (Fsp3) is 0.714. The summed E-state index contributed by atoms with van der Waals surface area (Å²) < 4.78 is 6.98. The van der Waals surface area contributed by atoms with Crippen molar-refractivity contribution in [2.24, 2.45) is 5.73 Å². The zero-order chi connectivity index (χ0) is 13.2. The third-order valence-electron chi connectivity index (χ3n) is 2.94. The van der Waals surface area contributed by atoms with Gasteiger partial charge in [-0.2, -0.15) is 0 Å². The molecular formula is C14H24BrNOS. The van der Waals surface area contributed by atoms with E-state index in [0.29, 0.717) is 6.54 Å². The van der Waals surface area contributed by atoms with E-state index >= 15 is 0 Å². The molecule has 1 rings (SSSR count). The molecule has 2 N–H and O–H groups in total. The summed E-state index contributed by atoms with van der Waals surface area (Å²) in [6.45, 7) is 3.63. The van der Waals surface area contributed by atoms with Crippen LogP contribution in [0.15, 0.2) is 15.9 Å². The number of halogens is 1. The van der Waals surface area contributed by atoms with Crippen molar-refractivity contribution in [3.05, 3.63) is 20.8 Å². The fourth-order valence-electron chi connectivity index (χ4n) is 1.87. The van der Waals surface area contributed by atoms with Gasteiger partial charge in [0.05, 0.1) is 0 Å². The molecule has 0 amide bonds. The molecule has 0 saturated heterocycles. The maximum absolute atomic E-state index is 5.86. The van der Waals surface area contributed by atoms with E-state index in [-0.39, 0.29) is 6.10 Å². The van der Waals surface area contributed by atoms with Gasteiger partial charge in [-0.1, -0.05) is 39.0 Å². The lowest BCUT2D eigenvalue weighted by Crippen LogP contribution is -2.15. The average molecular weight is 334 g/mol. The molecule has 1 unspecified atom stereocenters. The minimum atomic E-state index is 0.0666. The highest BCUT2D eigenvalue weighted by Crippen LogP contribution is 2.27. The van der Waals surface area contributed by atoms with E-state index in [2.05, 4.69) is 34.3 Å². The first-order valence-corrected chi connectivity index (χ1v) is 8.50. The van der Waals surface area contributed by atoms with Gasteiger partial charge in [-0.05, 0) is 28.4 Å². The number of rotatable bonds is 10. The molecule has 0 spiro atoms. The molecule has 1 aromatic rings. The van der Waals surface area contributed by atoms with Gasteiger partial charge in [-0.25, -0.2) is 0 Å². The van der Waals surface area contributed by atoms with Crippen LogP contribution in [0, 0.1) is 0 Å². The molecule has 104 valence electrons. The molecule has 1 aromatic heterocycles. The lowest BCUT2D eigenvalue weighted by Gasteiger charge is -2.14. The zero-order valence-corrected chi connectivity index (χ0v) is 13.6. The molecule has 0 fully saturated rings. The Labute approximate surface area is 123 Å². The molecule has 0 radical (unpaired) electrons. The topological polar surface area (TPSA) is 35.2 Å². The lowest BCUT2D eigenvalue weighted by atomic mass is 10.1. The van der Waals surface area contributed by atoms with Crippen LogP contribution in [-0.2, 0) is 4.74 Å². The Morgan fingerprint density at radius 3 is 2.61 bits per heavy atom. The first-order chi connectivity index (χ1) is 8.77. The fourth-order valence-corrected chi connectivity index (χ4v) is 3.38. The molecule has 0 aliphatic rings. The van der Waals surface area contributed by atoms with Crippen LogP contribution < -0.4 is 5.73 Å². The van der Waals surface area contributed by atoms with Gasteiger partial charge in [0, 0.05) is 27.9 Å². The average Bonchev–Trinajstić information content (AvgIpc) is 2.79. The summed E-state index contributed by atoms with van der Waals surface area (Å²) >= 11 is 5.17. The Morgan fingerprint density at radius 1 is 1.28 bits per heavy atom. The minimum Gasteiger partial charge on any atom is -0.371 e. The highest BCUT2D eigenvalue weighted by atomic mass is 79.9. The third kappa shape index (κ3) is 6.32. The first kappa shape index (κ1) is 16.2. The van der Waals surface area contributed by atoms with E-state index in [0.717, 1.165) is 17.5 Å². The van der Waals surface area contributed by atoms with Crippen molar-refractivity contribution in [2.75, 3.05) is 13.2 Å². The number of nitrogens with two attached hydrogens (primary N) is 1. The van der Waals surface area contributed by atoms with Gasteiger partial charge >= 0.3 is 0 Å². The Bertz CT molecular complexity index is 316. The van der Waals surface area contributed by atoms with E-state index < -0.39 is 0 Å². The highest BCUT2D eigenvalue weighted by molar-refractivity contribution is 9.10. The molecule has 0 aromatic carbocycles.